The average Bonchev–Trinajstić information content (AvgIpc) is 2.37. The SMILES string of the molecule is Cc1ccc(C(=O)Nc2ccc(S(=O)(=O)Cl)c(Br)c2)cn1. The highest BCUT2D eigenvalue weighted by molar-refractivity contribution is 9.10. The largest absolute Gasteiger partial charge is 0.322 e. The van der Waals surface area contributed by atoms with E-state index < -0.39 is 9.05 Å². The molecule has 0 saturated carbocycles. The summed E-state index contributed by atoms with van der Waals surface area (Å²) < 4.78 is 22.8. The number of anilines is 1. The molecular weight excluding hydrogens is 380 g/mol. The maximum atomic E-state index is 12.0. The predicted octanol–water partition coefficient (Wildman–Crippen LogP) is 3.33. The molecule has 1 amide bonds. The Kier molecular flexibility index (Phi) is 4.65. The Bertz CT molecular complexity index is 792. The monoisotopic (exact) mass is 388 g/mol. The van der Waals surface area contributed by atoms with Crippen molar-refractivity contribution < 1.29 is 13.2 Å². The van der Waals surface area contributed by atoms with E-state index in [0.29, 0.717) is 11.3 Å². The van der Waals surface area contributed by atoms with Crippen molar-refractivity contribution in [2.75, 3.05) is 5.32 Å². The van der Waals surface area contributed by atoms with Crippen LogP contribution >= 0.6 is 26.6 Å². The fourth-order valence-corrected chi connectivity index (χ4v) is 3.81. The fourth-order valence-electron chi connectivity index (χ4n) is 1.58. The van der Waals surface area contributed by atoms with Crippen molar-refractivity contribution in [2.45, 2.75) is 11.8 Å². The number of pyridine rings is 1. The van der Waals surface area contributed by atoms with E-state index in [1.165, 1.54) is 24.4 Å². The number of hydrogen-bond donors (Lipinski definition) is 1. The smallest absolute Gasteiger partial charge is 0.262 e. The van der Waals surface area contributed by atoms with Crippen LogP contribution in [0.2, 0.25) is 0 Å². The molecule has 21 heavy (non-hydrogen) atoms. The van der Waals surface area contributed by atoms with Gasteiger partial charge in [-0.2, -0.15) is 0 Å². The maximum absolute atomic E-state index is 12.0. The molecule has 0 unspecified atom stereocenters. The van der Waals surface area contributed by atoms with Crippen LogP contribution in [0.3, 0.4) is 0 Å². The molecule has 0 bridgehead atoms. The quantitative estimate of drug-likeness (QED) is 0.817. The molecule has 1 aromatic heterocycles. The standard InChI is InChI=1S/C13H10BrClN2O3S/c1-8-2-3-9(7-16-8)13(18)17-10-4-5-12(11(14)6-10)21(15,19)20/h2-7H,1H3,(H,17,18). The molecule has 0 aliphatic carbocycles. The first-order chi connectivity index (χ1) is 9.77. The molecule has 0 radical (unpaired) electrons. The zero-order chi connectivity index (χ0) is 15.6. The lowest BCUT2D eigenvalue weighted by Crippen LogP contribution is -2.12. The van der Waals surface area contributed by atoms with Crippen LogP contribution in [0.1, 0.15) is 16.1 Å². The summed E-state index contributed by atoms with van der Waals surface area (Å²) in [5.74, 6) is -0.337. The highest BCUT2D eigenvalue weighted by Gasteiger charge is 2.15. The van der Waals surface area contributed by atoms with Crippen molar-refractivity contribution in [1.82, 2.24) is 4.98 Å². The first-order valence-electron chi connectivity index (χ1n) is 5.75. The predicted molar refractivity (Wildman–Crippen MR) is 84.1 cm³/mol. The summed E-state index contributed by atoms with van der Waals surface area (Å²) in [6, 6.07) is 7.63. The topological polar surface area (TPSA) is 76.1 Å². The highest BCUT2D eigenvalue weighted by atomic mass is 79.9. The van der Waals surface area contributed by atoms with Gasteiger partial charge >= 0.3 is 0 Å². The number of rotatable bonds is 3. The zero-order valence-electron chi connectivity index (χ0n) is 10.8. The van der Waals surface area contributed by atoms with Gasteiger partial charge in [0, 0.05) is 32.7 Å². The van der Waals surface area contributed by atoms with Crippen molar-refractivity contribution in [3.05, 3.63) is 52.3 Å². The lowest BCUT2D eigenvalue weighted by Gasteiger charge is -2.07. The summed E-state index contributed by atoms with van der Waals surface area (Å²) in [5.41, 5.74) is 1.66. The summed E-state index contributed by atoms with van der Waals surface area (Å²) >= 11 is 3.11. The number of aromatic nitrogens is 1. The highest BCUT2D eigenvalue weighted by Crippen LogP contribution is 2.28. The minimum atomic E-state index is -3.83. The average molecular weight is 390 g/mol. The first-order valence-corrected chi connectivity index (χ1v) is 8.86. The Morgan fingerprint density at radius 2 is 2.00 bits per heavy atom. The Labute approximate surface area is 134 Å². The van der Waals surface area contributed by atoms with Gasteiger partial charge in [-0.15, -0.1) is 0 Å². The van der Waals surface area contributed by atoms with Crippen LogP contribution in [0, 0.1) is 6.92 Å². The number of amides is 1. The number of nitrogens with one attached hydrogen (secondary N) is 1. The van der Waals surface area contributed by atoms with Gasteiger partial charge in [0.15, 0.2) is 0 Å². The van der Waals surface area contributed by atoms with Crippen molar-refractivity contribution in [3.8, 4) is 0 Å². The van der Waals surface area contributed by atoms with Gasteiger partial charge in [-0.1, -0.05) is 0 Å². The maximum Gasteiger partial charge on any atom is 0.262 e. The van der Waals surface area contributed by atoms with Gasteiger partial charge in [-0.05, 0) is 53.2 Å². The molecule has 0 saturated heterocycles. The molecule has 110 valence electrons. The van der Waals surface area contributed by atoms with E-state index in [4.69, 9.17) is 10.7 Å². The lowest BCUT2D eigenvalue weighted by molar-refractivity contribution is 0.102. The van der Waals surface area contributed by atoms with Crippen LogP contribution in [0.4, 0.5) is 5.69 Å². The van der Waals surface area contributed by atoms with Crippen molar-refractivity contribution in [3.63, 3.8) is 0 Å². The molecule has 1 aromatic carbocycles. The van der Waals surface area contributed by atoms with Gasteiger partial charge in [-0.3, -0.25) is 9.78 Å². The number of aryl methyl sites for hydroxylation is 1. The van der Waals surface area contributed by atoms with Crippen LogP contribution in [0.5, 0.6) is 0 Å². The minimum absolute atomic E-state index is 0.0563. The van der Waals surface area contributed by atoms with Crippen molar-refractivity contribution >= 4 is 47.3 Å². The third-order valence-corrected chi connectivity index (χ3v) is 4.92. The summed E-state index contributed by atoms with van der Waals surface area (Å²) in [4.78, 5) is 16.0. The Hall–Kier alpha value is -1.44. The lowest BCUT2D eigenvalue weighted by atomic mass is 10.2. The summed E-state index contributed by atoms with van der Waals surface area (Å²) in [6.07, 6.45) is 1.47. The molecule has 0 spiro atoms. The van der Waals surface area contributed by atoms with E-state index in [0.717, 1.165) is 5.69 Å². The molecule has 8 heteroatoms. The van der Waals surface area contributed by atoms with Gasteiger partial charge in [0.25, 0.3) is 15.0 Å². The molecule has 2 rings (SSSR count). The second-order valence-electron chi connectivity index (χ2n) is 4.23. The van der Waals surface area contributed by atoms with Crippen LogP contribution in [-0.4, -0.2) is 19.3 Å². The third kappa shape index (κ3) is 4.03. The van der Waals surface area contributed by atoms with Crippen LogP contribution in [0.15, 0.2) is 45.9 Å². The molecule has 1 heterocycles. The second-order valence-corrected chi connectivity index (χ2v) is 7.61. The van der Waals surface area contributed by atoms with E-state index in [1.54, 1.807) is 12.1 Å². The normalized spacial score (nSPS) is 11.2. The molecule has 2 aromatic rings. The second kappa shape index (κ2) is 6.13. The molecular formula is C13H10BrClN2O3S. The molecule has 0 aliphatic heterocycles. The van der Waals surface area contributed by atoms with Crippen LogP contribution < -0.4 is 5.32 Å². The van der Waals surface area contributed by atoms with Gasteiger partial charge in [0.1, 0.15) is 0 Å². The van der Waals surface area contributed by atoms with Crippen LogP contribution in [0.25, 0.3) is 0 Å². The Morgan fingerprint density at radius 3 is 2.52 bits per heavy atom. The van der Waals surface area contributed by atoms with Crippen molar-refractivity contribution in [2.24, 2.45) is 0 Å². The number of nitrogens with zero attached hydrogens (tertiary/aromatic N) is 1. The third-order valence-electron chi connectivity index (χ3n) is 2.63. The van der Waals surface area contributed by atoms with E-state index in [-0.39, 0.29) is 15.3 Å². The van der Waals surface area contributed by atoms with Gasteiger partial charge < -0.3 is 5.32 Å². The molecule has 5 nitrogen and oxygen atoms in total. The summed E-state index contributed by atoms with van der Waals surface area (Å²) in [7, 11) is 1.45. The molecule has 1 N–H and O–H groups in total. The fraction of sp³-hybridized carbons (Fsp3) is 0.0769. The Balaban J connectivity index is 2.22. The van der Waals surface area contributed by atoms with Crippen LogP contribution in [-0.2, 0) is 9.05 Å². The first kappa shape index (κ1) is 15.9. The number of carbonyl (C=O) groups is 1. The molecule has 0 fully saturated rings. The van der Waals surface area contributed by atoms with E-state index >= 15 is 0 Å². The summed E-state index contributed by atoms with van der Waals surface area (Å²) in [6.45, 7) is 1.82. The number of hydrogen-bond acceptors (Lipinski definition) is 4. The minimum Gasteiger partial charge on any atom is -0.322 e. The zero-order valence-corrected chi connectivity index (χ0v) is 14.0. The summed E-state index contributed by atoms with van der Waals surface area (Å²) in [5, 5.41) is 2.65. The number of carbonyl (C=O) groups excluding carboxylic acids is 1. The number of halogens is 2. The van der Waals surface area contributed by atoms with Crippen molar-refractivity contribution in [1.29, 1.82) is 0 Å². The van der Waals surface area contributed by atoms with Gasteiger partial charge in [0.2, 0.25) is 0 Å². The Morgan fingerprint density at radius 1 is 1.29 bits per heavy atom. The number of benzene rings is 1. The molecule has 0 aliphatic rings. The van der Waals surface area contributed by atoms with E-state index in [2.05, 4.69) is 26.2 Å². The molecule has 0 atom stereocenters. The van der Waals surface area contributed by atoms with Gasteiger partial charge in [0.05, 0.1) is 10.5 Å². The van der Waals surface area contributed by atoms with E-state index in [9.17, 15) is 13.2 Å². The van der Waals surface area contributed by atoms with E-state index in [1.807, 2.05) is 6.92 Å². The van der Waals surface area contributed by atoms with Gasteiger partial charge in [-0.25, -0.2) is 8.42 Å².